The monoisotopic (exact) mass is 354 g/mol. The molecule has 4 heteroatoms. The maximum absolute atomic E-state index is 11.9. The highest BCUT2D eigenvalue weighted by atomic mass is 28.4. The molecule has 0 saturated heterocycles. The molecule has 132 valence electrons. The van der Waals surface area contributed by atoms with Gasteiger partial charge >= 0.3 is 5.97 Å². The first-order chi connectivity index (χ1) is 11.9. The van der Waals surface area contributed by atoms with Crippen LogP contribution in [0, 0.1) is 5.92 Å². The number of rotatable bonds is 6. The second-order valence-electron chi connectivity index (χ2n) is 7.88. The summed E-state index contributed by atoms with van der Waals surface area (Å²) in [4.78, 5) is 11.9. The molecule has 0 spiro atoms. The van der Waals surface area contributed by atoms with Crippen molar-refractivity contribution in [3.05, 3.63) is 60.7 Å². The first-order valence-electron chi connectivity index (χ1n) is 8.88. The molecule has 1 aliphatic carbocycles. The van der Waals surface area contributed by atoms with Gasteiger partial charge < -0.3 is 9.53 Å². The third-order valence-electron chi connectivity index (χ3n) is 5.01. The van der Waals surface area contributed by atoms with Crippen LogP contribution in [0.15, 0.2) is 60.7 Å². The fraction of sp³-hybridized carbons (Fsp3) is 0.381. The highest BCUT2D eigenvalue weighted by Crippen LogP contribution is 2.42. The van der Waals surface area contributed by atoms with Crippen molar-refractivity contribution in [2.45, 2.75) is 44.8 Å². The number of aliphatic carboxylic acids is 1. The van der Waals surface area contributed by atoms with Crippen LogP contribution in [-0.4, -0.2) is 25.5 Å². The van der Waals surface area contributed by atoms with Gasteiger partial charge in [-0.05, 0) is 34.2 Å². The summed E-state index contributed by atoms with van der Waals surface area (Å²) in [5, 5.41) is 11.9. The molecule has 0 amide bonds. The van der Waals surface area contributed by atoms with Gasteiger partial charge in [-0.25, -0.2) is 4.79 Å². The van der Waals surface area contributed by atoms with Gasteiger partial charge in [-0.15, -0.1) is 0 Å². The number of carbonyl (C=O) groups is 1. The molecular weight excluding hydrogens is 328 g/mol. The van der Waals surface area contributed by atoms with E-state index in [-0.39, 0.29) is 11.0 Å². The number of hydrogen-bond donors (Lipinski definition) is 1. The van der Waals surface area contributed by atoms with Crippen molar-refractivity contribution >= 4 is 24.7 Å². The van der Waals surface area contributed by atoms with Gasteiger partial charge in [0.1, 0.15) is 6.10 Å². The van der Waals surface area contributed by atoms with E-state index in [1.54, 1.807) is 0 Å². The van der Waals surface area contributed by atoms with E-state index >= 15 is 0 Å². The molecular formula is C21H26O3Si. The lowest BCUT2D eigenvalue weighted by atomic mass is 10.2. The van der Waals surface area contributed by atoms with E-state index in [9.17, 15) is 9.90 Å². The molecule has 0 heterocycles. The Balaban J connectivity index is 2.20. The highest BCUT2D eigenvalue weighted by Gasteiger charge is 2.54. The van der Waals surface area contributed by atoms with E-state index in [0.717, 1.165) is 23.2 Å². The number of benzene rings is 2. The predicted octanol–water partition coefficient (Wildman–Crippen LogP) is 3.43. The average Bonchev–Trinajstić information content (AvgIpc) is 3.41. The predicted molar refractivity (Wildman–Crippen MR) is 103 cm³/mol. The van der Waals surface area contributed by atoms with Gasteiger partial charge in [0.25, 0.3) is 8.32 Å². The summed E-state index contributed by atoms with van der Waals surface area (Å²) >= 11 is 0. The molecule has 0 aliphatic heterocycles. The van der Waals surface area contributed by atoms with Crippen LogP contribution in [0.25, 0.3) is 0 Å². The normalized spacial score (nSPS) is 16.4. The summed E-state index contributed by atoms with van der Waals surface area (Å²) in [6.07, 6.45) is 1.15. The Kier molecular flexibility index (Phi) is 4.85. The third-order valence-corrected chi connectivity index (χ3v) is 10.0. The van der Waals surface area contributed by atoms with E-state index < -0.39 is 20.4 Å². The maximum atomic E-state index is 11.9. The first-order valence-corrected chi connectivity index (χ1v) is 10.8. The summed E-state index contributed by atoms with van der Waals surface area (Å²) in [6, 6.07) is 20.4. The van der Waals surface area contributed by atoms with Crippen LogP contribution < -0.4 is 10.4 Å². The smallest absolute Gasteiger partial charge is 0.331 e. The van der Waals surface area contributed by atoms with Crippen LogP contribution in [0.2, 0.25) is 5.04 Å². The Labute approximate surface area is 150 Å². The van der Waals surface area contributed by atoms with Gasteiger partial charge in [0.05, 0.1) is 0 Å². The molecule has 0 aromatic heterocycles. The molecule has 2 aromatic rings. The molecule has 25 heavy (non-hydrogen) atoms. The minimum atomic E-state index is -2.78. The summed E-state index contributed by atoms with van der Waals surface area (Å²) in [5.74, 6) is -0.699. The molecule has 1 saturated carbocycles. The Bertz CT molecular complexity index is 678. The van der Waals surface area contributed by atoms with Crippen molar-refractivity contribution in [2.24, 2.45) is 5.92 Å². The van der Waals surface area contributed by atoms with E-state index in [0.29, 0.717) is 0 Å². The van der Waals surface area contributed by atoms with E-state index in [1.165, 1.54) is 0 Å². The largest absolute Gasteiger partial charge is 0.479 e. The first kappa shape index (κ1) is 17.9. The molecule has 1 aliphatic rings. The Morgan fingerprint density at radius 2 is 1.44 bits per heavy atom. The lowest BCUT2D eigenvalue weighted by molar-refractivity contribution is -0.146. The van der Waals surface area contributed by atoms with Crippen molar-refractivity contribution in [1.29, 1.82) is 0 Å². The van der Waals surface area contributed by atoms with Crippen LogP contribution in [0.3, 0.4) is 0 Å². The van der Waals surface area contributed by atoms with E-state index in [2.05, 4.69) is 45.0 Å². The summed E-state index contributed by atoms with van der Waals surface area (Å²) in [5.41, 5.74) is 0. The van der Waals surface area contributed by atoms with Crippen molar-refractivity contribution < 1.29 is 14.3 Å². The van der Waals surface area contributed by atoms with Crippen LogP contribution >= 0.6 is 0 Å². The molecule has 3 rings (SSSR count). The lowest BCUT2D eigenvalue weighted by Crippen LogP contribution is -2.68. The van der Waals surface area contributed by atoms with Crippen molar-refractivity contribution in [3.8, 4) is 0 Å². The van der Waals surface area contributed by atoms with Crippen LogP contribution in [0.1, 0.15) is 33.6 Å². The SMILES string of the molecule is CC(C)(C)[Si](OC(C(=O)O)C1CC1)(c1ccccc1)c1ccccc1. The lowest BCUT2D eigenvalue weighted by Gasteiger charge is -2.44. The van der Waals surface area contributed by atoms with Gasteiger partial charge in [0.2, 0.25) is 0 Å². The van der Waals surface area contributed by atoms with Crippen molar-refractivity contribution in [3.63, 3.8) is 0 Å². The topological polar surface area (TPSA) is 46.5 Å². The fourth-order valence-corrected chi connectivity index (χ4v) is 8.32. The second kappa shape index (κ2) is 6.77. The molecule has 1 unspecified atom stereocenters. The zero-order valence-electron chi connectivity index (χ0n) is 15.1. The minimum absolute atomic E-state index is 0.138. The molecule has 0 bridgehead atoms. The van der Waals surface area contributed by atoms with Crippen LogP contribution in [0.5, 0.6) is 0 Å². The van der Waals surface area contributed by atoms with Gasteiger partial charge in [-0.2, -0.15) is 0 Å². The van der Waals surface area contributed by atoms with E-state index in [4.69, 9.17) is 4.43 Å². The Morgan fingerprint density at radius 3 is 1.76 bits per heavy atom. The molecule has 1 fully saturated rings. The Hall–Kier alpha value is -1.91. The number of carboxylic acids is 1. The third kappa shape index (κ3) is 3.41. The molecule has 1 N–H and O–H groups in total. The summed E-state index contributed by atoms with van der Waals surface area (Å²) < 4.78 is 6.70. The molecule has 1 atom stereocenters. The quantitative estimate of drug-likeness (QED) is 0.809. The van der Waals surface area contributed by atoms with Crippen molar-refractivity contribution in [1.82, 2.24) is 0 Å². The van der Waals surface area contributed by atoms with Gasteiger partial charge in [-0.1, -0.05) is 81.4 Å². The maximum Gasteiger partial charge on any atom is 0.331 e. The highest BCUT2D eigenvalue weighted by molar-refractivity contribution is 6.99. The zero-order chi connectivity index (χ0) is 18.1. The summed E-state index contributed by atoms with van der Waals surface area (Å²) in [7, 11) is -2.78. The fourth-order valence-electron chi connectivity index (χ4n) is 3.63. The van der Waals surface area contributed by atoms with Gasteiger partial charge in [0.15, 0.2) is 0 Å². The van der Waals surface area contributed by atoms with Crippen molar-refractivity contribution in [2.75, 3.05) is 0 Å². The average molecular weight is 355 g/mol. The standard InChI is InChI=1S/C21H26O3Si/c1-21(2,3)25(17-10-6-4-7-11-17,18-12-8-5-9-13-18)24-19(20(22)23)16-14-15-16/h4-13,16,19H,14-15H2,1-3H3,(H,22,23). The Morgan fingerprint density at radius 1 is 1.00 bits per heavy atom. The molecule has 2 aromatic carbocycles. The zero-order valence-corrected chi connectivity index (χ0v) is 16.1. The molecule has 3 nitrogen and oxygen atoms in total. The number of hydrogen-bond acceptors (Lipinski definition) is 2. The summed E-state index contributed by atoms with van der Waals surface area (Å²) in [6.45, 7) is 6.51. The van der Waals surface area contributed by atoms with Gasteiger partial charge in [-0.3, -0.25) is 0 Å². The molecule has 0 radical (unpaired) electrons. The van der Waals surface area contributed by atoms with Crippen LogP contribution in [-0.2, 0) is 9.22 Å². The second-order valence-corrected chi connectivity index (χ2v) is 12.1. The minimum Gasteiger partial charge on any atom is -0.479 e. The van der Waals surface area contributed by atoms with E-state index in [1.807, 2.05) is 36.4 Å². The number of carboxylic acid groups (broad SMARTS) is 1. The van der Waals surface area contributed by atoms with Gasteiger partial charge in [0, 0.05) is 0 Å². The van der Waals surface area contributed by atoms with Crippen LogP contribution in [0.4, 0.5) is 0 Å².